The fraction of sp³-hybridized carbons (Fsp3) is 0.450. The lowest BCUT2D eigenvalue weighted by atomic mass is 9.97. The maximum absolute atomic E-state index is 12.6. The molecule has 0 saturated heterocycles. The second-order valence-electron chi connectivity index (χ2n) is 6.45. The molecule has 1 aromatic rings. The molecule has 1 aliphatic rings. The number of nitrogens with zero attached hydrogens (tertiary/aromatic N) is 1. The van der Waals surface area contributed by atoms with E-state index in [1.165, 1.54) is 5.57 Å². The van der Waals surface area contributed by atoms with Crippen LogP contribution in [0.25, 0.3) is 0 Å². The number of carbonyl (C=O) groups excluding carboxylic acids is 1. The summed E-state index contributed by atoms with van der Waals surface area (Å²) in [4.78, 5) is 14.5. The number of benzene rings is 1. The van der Waals surface area contributed by atoms with Crippen molar-refractivity contribution < 1.29 is 9.53 Å². The molecular weight excluding hydrogens is 286 g/mol. The van der Waals surface area contributed by atoms with E-state index >= 15 is 0 Å². The van der Waals surface area contributed by atoms with Crippen molar-refractivity contribution in [3.8, 4) is 0 Å². The Morgan fingerprint density at radius 3 is 2.78 bits per heavy atom. The van der Waals surface area contributed by atoms with Gasteiger partial charge in [0.05, 0.1) is 0 Å². The first-order chi connectivity index (χ1) is 11.1. The van der Waals surface area contributed by atoms with Crippen LogP contribution in [0.4, 0.5) is 4.79 Å². The predicted octanol–water partition coefficient (Wildman–Crippen LogP) is 5.09. The van der Waals surface area contributed by atoms with Gasteiger partial charge in [-0.15, -0.1) is 6.58 Å². The normalized spacial score (nSPS) is 20.9. The van der Waals surface area contributed by atoms with E-state index in [-0.39, 0.29) is 12.1 Å². The van der Waals surface area contributed by atoms with E-state index in [0.717, 1.165) is 43.4 Å². The second-order valence-corrected chi connectivity index (χ2v) is 6.45. The largest absolute Gasteiger partial charge is 0.445 e. The summed E-state index contributed by atoms with van der Waals surface area (Å²) in [6.07, 6.45) is 5.80. The van der Waals surface area contributed by atoms with E-state index in [0.29, 0.717) is 6.61 Å². The first kappa shape index (κ1) is 17.3. The highest BCUT2D eigenvalue weighted by molar-refractivity contribution is 5.68. The van der Waals surface area contributed by atoms with Crippen LogP contribution in [0, 0.1) is 0 Å². The molecule has 0 aromatic heterocycles. The summed E-state index contributed by atoms with van der Waals surface area (Å²) in [5, 5.41) is 0. The van der Waals surface area contributed by atoms with E-state index in [4.69, 9.17) is 4.74 Å². The molecule has 0 aliphatic carbocycles. The third-order valence-electron chi connectivity index (χ3n) is 4.12. The van der Waals surface area contributed by atoms with E-state index in [1.54, 1.807) is 0 Å². The summed E-state index contributed by atoms with van der Waals surface area (Å²) < 4.78 is 5.55. The molecule has 0 bridgehead atoms. The number of amides is 1. The van der Waals surface area contributed by atoms with Gasteiger partial charge < -0.3 is 9.64 Å². The zero-order valence-corrected chi connectivity index (χ0v) is 14.3. The highest BCUT2D eigenvalue weighted by atomic mass is 16.6. The smallest absolute Gasteiger partial charge is 0.410 e. The standard InChI is InChI=1S/C20H27NO2/c1-16(2)13-19-14-17(3)9-7-8-12-21(19)20(22)23-15-18-10-5-4-6-11-18/h4-6,9-11,19H,1,7-8,12-15H2,2-3H3/b17-9-/t19-/m1/s1. The van der Waals surface area contributed by atoms with Crippen molar-refractivity contribution in [1.29, 1.82) is 0 Å². The van der Waals surface area contributed by atoms with Crippen LogP contribution in [0.15, 0.2) is 54.1 Å². The first-order valence-corrected chi connectivity index (χ1v) is 8.33. The number of carbonyl (C=O) groups is 1. The molecule has 0 N–H and O–H groups in total. The number of rotatable bonds is 4. The third kappa shape index (κ3) is 5.59. The zero-order valence-electron chi connectivity index (χ0n) is 14.3. The van der Waals surface area contributed by atoms with Gasteiger partial charge in [-0.2, -0.15) is 0 Å². The molecular formula is C20H27NO2. The molecule has 0 spiro atoms. The molecule has 23 heavy (non-hydrogen) atoms. The molecule has 0 fully saturated rings. The molecule has 1 amide bonds. The Kier molecular flexibility index (Phi) is 6.45. The van der Waals surface area contributed by atoms with Crippen LogP contribution in [-0.4, -0.2) is 23.6 Å². The Labute approximate surface area is 139 Å². The highest BCUT2D eigenvalue weighted by Gasteiger charge is 2.26. The van der Waals surface area contributed by atoms with Crippen molar-refractivity contribution >= 4 is 6.09 Å². The molecule has 0 saturated carbocycles. The second kappa shape index (κ2) is 8.56. The lowest BCUT2D eigenvalue weighted by Crippen LogP contribution is -2.42. The van der Waals surface area contributed by atoms with Gasteiger partial charge in [0.2, 0.25) is 0 Å². The van der Waals surface area contributed by atoms with Crippen LogP contribution >= 0.6 is 0 Å². The molecule has 3 heteroatoms. The molecule has 1 aromatic carbocycles. The fourth-order valence-corrected chi connectivity index (χ4v) is 2.99. The number of hydrogen-bond donors (Lipinski definition) is 0. The summed E-state index contributed by atoms with van der Waals surface area (Å²) in [6, 6.07) is 9.96. The van der Waals surface area contributed by atoms with E-state index < -0.39 is 0 Å². The van der Waals surface area contributed by atoms with E-state index in [2.05, 4.69) is 19.6 Å². The third-order valence-corrected chi connectivity index (χ3v) is 4.12. The van der Waals surface area contributed by atoms with Crippen molar-refractivity contribution in [2.45, 2.75) is 52.2 Å². The molecule has 2 rings (SSSR count). The fourth-order valence-electron chi connectivity index (χ4n) is 2.99. The summed E-state index contributed by atoms with van der Waals surface area (Å²) in [6.45, 7) is 9.25. The Bertz CT molecular complexity index is 562. The van der Waals surface area contributed by atoms with Gasteiger partial charge in [-0.1, -0.05) is 47.6 Å². The minimum absolute atomic E-state index is 0.146. The maximum Gasteiger partial charge on any atom is 0.410 e. The van der Waals surface area contributed by atoms with Crippen LogP contribution in [0.2, 0.25) is 0 Å². The summed E-state index contributed by atoms with van der Waals surface area (Å²) in [5.74, 6) is 0. The average molecular weight is 313 g/mol. The molecule has 1 aliphatic heterocycles. The Hall–Kier alpha value is -2.03. The Balaban J connectivity index is 2.04. The van der Waals surface area contributed by atoms with Gasteiger partial charge in [-0.3, -0.25) is 0 Å². The average Bonchev–Trinajstić information content (AvgIpc) is 2.51. The van der Waals surface area contributed by atoms with Crippen LogP contribution in [0.1, 0.15) is 45.1 Å². The SMILES string of the molecule is C=C(C)C[C@@H]1C/C(C)=C\CCCN1C(=O)OCc1ccccc1. The zero-order chi connectivity index (χ0) is 16.7. The Morgan fingerprint density at radius 1 is 1.35 bits per heavy atom. The quantitative estimate of drug-likeness (QED) is 0.725. The van der Waals surface area contributed by atoms with E-state index in [9.17, 15) is 4.79 Å². The van der Waals surface area contributed by atoms with Crippen LogP contribution in [0.3, 0.4) is 0 Å². The van der Waals surface area contributed by atoms with Crippen molar-refractivity contribution in [3.05, 3.63) is 59.7 Å². The van der Waals surface area contributed by atoms with Gasteiger partial charge in [-0.25, -0.2) is 4.79 Å². The van der Waals surface area contributed by atoms with Crippen molar-refractivity contribution in [2.24, 2.45) is 0 Å². The van der Waals surface area contributed by atoms with Crippen LogP contribution in [0.5, 0.6) is 0 Å². The number of ether oxygens (including phenoxy) is 1. The molecule has 0 unspecified atom stereocenters. The van der Waals surface area contributed by atoms with Gasteiger partial charge in [0.25, 0.3) is 0 Å². The molecule has 1 atom stereocenters. The number of allylic oxidation sites excluding steroid dienone is 1. The monoisotopic (exact) mass is 313 g/mol. The molecule has 1 heterocycles. The summed E-state index contributed by atoms with van der Waals surface area (Å²) >= 11 is 0. The van der Waals surface area contributed by atoms with Crippen molar-refractivity contribution in [3.63, 3.8) is 0 Å². The maximum atomic E-state index is 12.6. The van der Waals surface area contributed by atoms with Gasteiger partial charge in [0, 0.05) is 12.6 Å². The lowest BCUT2D eigenvalue weighted by Gasteiger charge is -2.33. The minimum atomic E-state index is -0.213. The molecule has 0 radical (unpaired) electrons. The van der Waals surface area contributed by atoms with E-state index in [1.807, 2.05) is 42.2 Å². The summed E-state index contributed by atoms with van der Waals surface area (Å²) in [5.41, 5.74) is 3.46. The lowest BCUT2D eigenvalue weighted by molar-refractivity contribution is 0.0788. The minimum Gasteiger partial charge on any atom is -0.445 e. The van der Waals surface area contributed by atoms with Crippen molar-refractivity contribution in [1.82, 2.24) is 4.90 Å². The van der Waals surface area contributed by atoms with Gasteiger partial charge in [0.1, 0.15) is 6.61 Å². The highest BCUT2D eigenvalue weighted by Crippen LogP contribution is 2.23. The van der Waals surface area contributed by atoms with Gasteiger partial charge in [0.15, 0.2) is 0 Å². The molecule has 3 nitrogen and oxygen atoms in total. The predicted molar refractivity (Wildman–Crippen MR) is 94.2 cm³/mol. The van der Waals surface area contributed by atoms with Crippen LogP contribution in [-0.2, 0) is 11.3 Å². The topological polar surface area (TPSA) is 29.5 Å². The van der Waals surface area contributed by atoms with Gasteiger partial charge >= 0.3 is 6.09 Å². The number of hydrogen-bond acceptors (Lipinski definition) is 2. The van der Waals surface area contributed by atoms with Gasteiger partial charge in [-0.05, 0) is 45.1 Å². The summed E-state index contributed by atoms with van der Waals surface area (Å²) in [7, 11) is 0. The molecule has 124 valence electrons. The first-order valence-electron chi connectivity index (χ1n) is 8.33. The Morgan fingerprint density at radius 2 is 2.09 bits per heavy atom. The van der Waals surface area contributed by atoms with Crippen LogP contribution < -0.4 is 0 Å². The van der Waals surface area contributed by atoms with Crippen molar-refractivity contribution in [2.75, 3.05) is 6.54 Å².